The summed E-state index contributed by atoms with van der Waals surface area (Å²) in [7, 11) is 0. The summed E-state index contributed by atoms with van der Waals surface area (Å²) in [6.45, 7) is 1.93. The molecule has 0 saturated carbocycles. The summed E-state index contributed by atoms with van der Waals surface area (Å²) in [6.07, 6.45) is 1.26. The highest BCUT2D eigenvalue weighted by molar-refractivity contribution is 5.97. The van der Waals surface area contributed by atoms with Gasteiger partial charge in [0.25, 0.3) is 0 Å². The maximum absolute atomic E-state index is 13.6. The van der Waals surface area contributed by atoms with Crippen LogP contribution in [0, 0.1) is 17.6 Å². The predicted molar refractivity (Wildman–Crippen MR) is 63.4 cm³/mol. The molecule has 2 heterocycles. The van der Waals surface area contributed by atoms with Gasteiger partial charge in [0, 0.05) is 24.7 Å². The van der Waals surface area contributed by atoms with Gasteiger partial charge in [0.2, 0.25) is 5.91 Å². The van der Waals surface area contributed by atoms with Crippen molar-refractivity contribution >= 4 is 11.6 Å². The lowest BCUT2D eigenvalue weighted by atomic mass is 10.1. The predicted octanol–water partition coefficient (Wildman–Crippen LogP) is 1.46. The van der Waals surface area contributed by atoms with E-state index in [1.807, 2.05) is 0 Å². The highest BCUT2D eigenvalue weighted by atomic mass is 19.1. The van der Waals surface area contributed by atoms with Gasteiger partial charge in [-0.05, 0) is 25.5 Å². The van der Waals surface area contributed by atoms with Crippen molar-refractivity contribution in [3.63, 3.8) is 0 Å². The molecule has 0 aromatic heterocycles. The molecule has 0 radical (unpaired) electrons. The van der Waals surface area contributed by atoms with Crippen molar-refractivity contribution in [2.75, 3.05) is 24.5 Å². The standard InChI is InChI=1S/C13H14F2N2O/c14-9-5-11(15)10-2-4-17(12(10)6-9)13(18)8-1-3-16-7-8/h5-6,8,16H,1-4,7H2/t8-/m0/s1. The van der Waals surface area contributed by atoms with Crippen LogP contribution >= 0.6 is 0 Å². The average Bonchev–Trinajstić information content (AvgIpc) is 2.96. The van der Waals surface area contributed by atoms with Crippen LogP contribution < -0.4 is 10.2 Å². The number of amides is 1. The summed E-state index contributed by atoms with van der Waals surface area (Å²) >= 11 is 0. The molecule has 1 atom stereocenters. The van der Waals surface area contributed by atoms with E-state index in [0.29, 0.717) is 30.8 Å². The van der Waals surface area contributed by atoms with Crippen LogP contribution in [0.4, 0.5) is 14.5 Å². The topological polar surface area (TPSA) is 32.3 Å². The number of hydrogen-bond acceptors (Lipinski definition) is 2. The van der Waals surface area contributed by atoms with Crippen LogP contribution in [0.5, 0.6) is 0 Å². The van der Waals surface area contributed by atoms with Crippen LogP contribution in [-0.2, 0) is 11.2 Å². The molecule has 18 heavy (non-hydrogen) atoms. The monoisotopic (exact) mass is 252 g/mol. The lowest BCUT2D eigenvalue weighted by Crippen LogP contribution is -2.35. The van der Waals surface area contributed by atoms with Crippen molar-refractivity contribution in [3.05, 3.63) is 29.3 Å². The van der Waals surface area contributed by atoms with Gasteiger partial charge in [-0.15, -0.1) is 0 Å². The van der Waals surface area contributed by atoms with Crippen LogP contribution in [0.1, 0.15) is 12.0 Å². The van der Waals surface area contributed by atoms with Crippen molar-refractivity contribution in [2.24, 2.45) is 5.92 Å². The second-order valence-corrected chi connectivity index (χ2v) is 4.81. The Balaban J connectivity index is 1.92. The summed E-state index contributed by atoms with van der Waals surface area (Å²) in [5, 5.41) is 3.13. The van der Waals surface area contributed by atoms with Crippen LogP contribution in [-0.4, -0.2) is 25.5 Å². The van der Waals surface area contributed by atoms with Crippen LogP contribution in [0.15, 0.2) is 12.1 Å². The molecule has 0 unspecified atom stereocenters. The van der Waals surface area contributed by atoms with E-state index in [-0.39, 0.29) is 11.8 Å². The van der Waals surface area contributed by atoms with Crippen molar-refractivity contribution in [3.8, 4) is 0 Å². The third kappa shape index (κ3) is 1.79. The number of anilines is 1. The molecule has 1 amide bonds. The van der Waals surface area contributed by atoms with E-state index in [2.05, 4.69) is 5.32 Å². The normalized spacial score (nSPS) is 22.3. The van der Waals surface area contributed by atoms with E-state index in [9.17, 15) is 13.6 Å². The van der Waals surface area contributed by atoms with Crippen LogP contribution in [0.2, 0.25) is 0 Å². The van der Waals surface area contributed by atoms with Crippen molar-refractivity contribution in [1.82, 2.24) is 5.32 Å². The number of nitrogens with zero attached hydrogens (tertiary/aromatic N) is 1. The summed E-state index contributed by atoms with van der Waals surface area (Å²) in [6, 6.07) is 2.13. The Hall–Kier alpha value is -1.49. The second kappa shape index (κ2) is 4.31. The van der Waals surface area contributed by atoms with Gasteiger partial charge in [0.15, 0.2) is 0 Å². The number of fused-ring (bicyclic) bond motifs is 1. The van der Waals surface area contributed by atoms with E-state index >= 15 is 0 Å². The van der Waals surface area contributed by atoms with Crippen molar-refractivity contribution < 1.29 is 13.6 Å². The fraction of sp³-hybridized carbons (Fsp3) is 0.462. The Morgan fingerprint density at radius 2 is 2.22 bits per heavy atom. The first-order valence-corrected chi connectivity index (χ1v) is 6.17. The SMILES string of the molecule is O=C([C@H]1CCNC1)N1CCc2c(F)cc(F)cc21. The van der Waals surface area contributed by atoms with Crippen molar-refractivity contribution in [1.29, 1.82) is 0 Å². The Morgan fingerprint density at radius 1 is 1.39 bits per heavy atom. The number of carbonyl (C=O) groups excluding carboxylic acids is 1. The third-order valence-electron chi connectivity index (χ3n) is 3.69. The molecule has 3 rings (SSSR count). The zero-order valence-corrected chi connectivity index (χ0v) is 9.88. The fourth-order valence-corrected chi connectivity index (χ4v) is 2.74. The Labute approximate surface area is 104 Å². The maximum Gasteiger partial charge on any atom is 0.231 e. The molecule has 1 aromatic rings. The Kier molecular flexibility index (Phi) is 2.78. The minimum absolute atomic E-state index is 0.0243. The quantitative estimate of drug-likeness (QED) is 0.820. The molecule has 3 nitrogen and oxygen atoms in total. The van der Waals surface area contributed by atoms with Crippen molar-refractivity contribution in [2.45, 2.75) is 12.8 Å². The molecule has 1 N–H and O–H groups in total. The molecule has 0 bridgehead atoms. The molecular formula is C13H14F2N2O. The van der Waals surface area contributed by atoms with E-state index in [1.54, 1.807) is 0 Å². The smallest absolute Gasteiger partial charge is 0.231 e. The molecule has 1 aromatic carbocycles. The highest BCUT2D eigenvalue weighted by Gasteiger charge is 2.33. The van der Waals surface area contributed by atoms with E-state index < -0.39 is 11.6 Å². The number of benzene rings is 1. The van der Waals surface area contributed by atoms with Gasteiger partial charge < -0.3 is 10.2 Å². The first-order chi connectivity index (χ1) is 8.66. The van der Waals surface area contributed by atoms with Crippen LogP contribution in [0.3, 0.4) is 0 Å². The highest BCUT2D eigenvalue weighted by Crippen LogP contribution is 2.32. The molecule has 2 aliphatic heterocycles. The Bertz CT molecular complexity index is 498. The largest absolute Gasteiger partial charge is 0.316 e. The summed E-state index contributed by atoms with van der Waals surface area (Å²) < 4.78 is 26.8. The molecular weight excluding hydrogens is 238 g/mol. The van der Waals surface area contributed by atoms with Gasteiger partial charge in [0.1, 0.15) is 11.6 Å². The number of carbonyl (C=O) groups is 1. The summed E-state index contributed by atoms with van der Waals surface area (Å²) in [5.41, 5.74) is 0.861. The average molecular weight is 252 g/mol. The molecule has 2 aliphatic rings. The number of nitrogens with one attached hydrogen (secondary N) is 1. The van der Waals surface area contributed by atoms with E-state index in [1.165, 1.54) is 11.0 Å². The van der Waals surface area contributed by atoms with Gasteiger partial charge >= 0.3 is 0 Å². The Morgan fingerprint density at radius 3 is 2.94 bits per heavy atom. The number of halogens is 2. The fourth-order valence-electron chi connectivity index (χ4n) is 2.74. The molecule has 0 aliphatic carbocycles. The zero-order valence-electron chi connectivity index (χ0n) is 9.88. The molecule has 96 valence electrons. The maximum atomic E-state index is 13.6. The summed E-state index contributed by atoms with van der Waals surface area (Å²) in [4.78, 5) is 13.8. The third-order valence-corrected chi connectivity index (χ3v) is 3.69. The lowest BCUT2D eigenvalue weighted by Gasteiger charge is -2.20. The molecule has 5 heteroatoms. The van der Waals surface area contributed by atoms with Gasteiger partial charge in [-0.3, -0.25) is 4.79 Å². The first kappa shape index (κ1) is 11.6. The molecule has 0 spiro atoms. The van der Waals surface area contributed by atoms with Gasteiger partial charge in [-0.2, -0.15) is 0 Å². The zero-order chi connectivity index (χ0) is 12.7. The molecule has 1 saturated heterocycles. The minimum atomic E-state index is -0.629. The minimum Gasteiger partial charge on any atom is -0.316 e. The van der Waals surface area contributed by atoms with Gasteiger partial charge in [0.05, 0.1) is 11.6 Å². The first-order valence-electron chi connectivity index (χ1n) is 6.17. The van der Waals surface area contributed by atoms with E-state index in [4.69, 9.17) is 0 Å². The van der Waals surface area contributed by atoms with E-state index in [0.717, 1.165) is 19.0 Å². The number of hydrogen-bond donors (Lipinski definition) is 1. The number of rotatable bonds is 1. The lowest BCUT2D eigenvalue weighted by molar-refractivity contribution is -0.121. The van der Waals surface area contributed by atoms with Crippen LogP contribution in [0.25, 0.3) is 0 Å². The van der Waals surface area contributed by atoms with Gasteiger partial charge in [-0.25, -0.2) is 8.78 Å². The summed E-state index contributed by atoms with van der Waals surface area (Å²) in [5.74, 6) is -1.27. The van der Waals surface area contributed by atoms with Gasteiger partial charge in [-0.1, -0.05) is 0 Å². The second-order valence-electron chi connectivity index (χ2n) is 4.81. The molecule has 1 fully saturated rings.